The van der Waals surface area contributed by atoms with Crippen molar-refractivity contribution < 1.29 is 14.3 Å². The highest BCUT2D eigenvalue weighted by Crippen LogP contribution is 2.25. The summed E-state index contributed by atoms with van der Waals surface area (Å²) in [4.78, 5) is 10.8. The first-order chi connectivity index (χ1) is 7.17. The largest absolute Gasteiger partial charge is 0.495 e. The van der Waals surface area contributed by atoms with E-state index in [1.165, 1.54) is 20.3 Å². The maximum Gasteiger partial charge on any atom is 0.330 e. The molecule has 0 spiro atoms. The zero-order chi connectivity index (χ0) is 11.3. The molecule has 0 bridgehead atoms. The lowest BCUT2D eigenvalue weighted by Gasteiger charge is -2.03. The van der Waals surface area contributed by atoms with Crippen LogP contribution in [0.2, 0.25) is 5.02 Å². The van der Waals surface area contributed by atoms with Crippen molar-refractivity contribution in [1.82, 2.24) is 0 Å². The molecule has 0 atom stereocenters. The molecular formula is C11H11ClO3. The van der Waals surface area contributed by atoms with E-state index in [-0.39, 0.29) is 0 Å². The van der Waals surface area contributed by atoms with Gasteiger partial charge in [-0.1, -0.05) is 17.7 Å². The van der Waals surface area contributed by atoms with Gasteiger partial charge < -0.3 is 9.47 Å². The van der Waals surface area contributed by atoms with Crippen LogP contribution in [-0.4, -0.2) is 20.2 Å². The van der Waals surface area contributed by atoms with Crippen LogP contribution in [0, 0.1) is 0 Å². The third kappa shape index (κ3) is 3.29. The smallest absolute Gasteiger partial charge is 0.330 e. The average molecular weight is 227 g/mol. The molecule has 0 N–H and O–H groups in total. The molecule has 4 heteroatoms. The molecule has 1 aromatic rings. The van der Waals surface area contributed by atoms with Gasteiger partial charge in [0.1, 0.15) is 5.75 Å². The first kappa shape index (κ1) is 11.6. The predicted molar refractivity (Wildman–Crippen MR) is 59.1 cm³/mol. The van der Waals surface area contributed by atoms with Crippen molar-refractivity contribution in [2.45, 2.75) is 0 Å². The van der Waals surface area contributed by atoms with Gasteiger partial charge in [-0.25, -0.2) is 4.79 Å². The van der Waals surface area contributed by atoms with E-state index in [0.29, 0.717) is 10.8 Å². The Balaban J connectivity index is 2.87. The van der Waals surface area contributed by atoms with Gasteiger partial charge in [0, 0.05) is 6.08 Å². The molecule has 0 heterocycles. The fraction of sp³-hybridized carbons (Fsp3) is 0.182. The molecule has 0 fully saturated rings. The van der Waals surface area contributed by atoms with Crippen LogP contribution in [0.5, 0.6) is 5.75 Å². The minimum Gasteiger partial charge on any atom is -0.495 e. The van der Waals surface area contributed by atoms with E-state index in [4.69, 9.17) is 16.3 Å². The second-order valence-electron chi connectivity index (χ2n) is 2.75. The Labute approximate surface area is 93.3 Å². The SMILES string of the molecule is COC(=O)C=Cc1ccc(Cl)c(OC)c1. The van der Waals surface area contributed by atoms with Crippen molar-refractivity contribution in [3.63, 3.8) is 0 Å². The van der Waals surface area contributed by atoms with Crippen LogP contribution < -0.4 is 4.74 Å². The van der Waals surface area contributed by atoms with E-state index in [2.05, 4.69) is 4.74 Å². The highest BCUT2D eigenvalue weighted by Gasteiger charge is 2.00. The van der Waals surface area contributed by atoms with E-state index in [1.807, 2.05) is 0 Å². The van der Waals surface area contributed by atoms with E-state index in [1.54, 1.807) is 24.3 Å². The topological polar surface area (TPSA) is 35.5 Å². The van der Waals surface area contributed by atoms with Crippen LogP contribution in [0.1, 0.15) is 5.56 Å². The van der Waals surface area contributed by atoms with Gasteiger partial charge in [0.25, 0.3) is 0 Å². The van der Waals surface area contributed by atoms with Crippen molar-refractivity contribution in [3.05, 3.63) is 34.9 Å². The Morgan fingerprint density at radius 1 is 1.40 bits per heavy atom. The molecular weight excluding hydrogens is 216 g/mol. The van der Waals surface area contributed by atoms with Gasteiger partial charge in [-0.05, 0) is 23.8 Å². The zero-order valence-corrected chi connectivity index (χ0v) is 9.25. The van der Waals surface area contributed by atoms with Crippen molar-refractivity contribution in [2.75, 3.05) is 14.2 Å². The monoisotopic (exact) mass is 226 g/mol. The molecule has 0 unspecified atom stereocenters. The molecule has 3 nitrogen and oxygen atoms in total. The van der Waals surface area contributed by atoms with Crippen LogP contribution in [0.25, 0.3) is 6.08 Å². The highest BCUT2D eigenvalue weighted by atomic mass is 35.5. The number of methoxy groups -OCH3 is 2. The fourth-order valence-corrected chi connectivity index (χ4v) is 1.21. The number of hydrogen-bond acceptors (Lipinski definition) is 3. The number of carbonyl (C=O) groups excluding carboxylic acids is 1. The number of esters is 1. The lowest BCUT2D eigenvalue weighted by molar-refractivity contribution is -0.134. The van der Waals surface area contributed by atoms with Crippen LogP contribution in [0.3, 0.4) is 0 Å². The Morgan fingerprint density at radius 2 is 2.13 bits per heavy atom. The molecule has 15 heavy (non-hydrogen) atoms. The molecule has 0 aliphatic carbocycles. The maximum atomic E-state index is 10.8. The number of ether oxygens (including phenoxy) is 2. The van der Waals surface area contributed by atoms with E-state index in [0.717, 1.165) is 5.56 Å². The Kier molecular flexibility index (Phi) is 4.18. The quantitative estimate of drug-likeness (QED) is 0.587. The molecule has 0 aromatic heterocycles. The summed E-state index contributed by atoms with van der Waals surface area (Å²) >= 11 is 5.85. The lowest BCUT2D eigenvalue weighted by Crippen LogP contribution is -1.93. The standard InChI is InChI=1S/C11H11ClO3/c1-14-10-7-8(3-5-9(10)12)4-6-11(13)15-2/h3-7H,1-2H3. The summed E-state index contributed by atoms with van der Waals surface area (Å²) in [5, 5.41) is 0.535. The lowest BCUT2D eigenvalue weighted by atomic mass is 10.2. The number of hydrogen-bond donors (Lipinski definition) is 0. The molecule has 0 radical (unpaired) electrons. The maximum absolute atomic E-state index is 10.8. The summed E-state index contributed by atoms with van der Waals surface area (Å²) in [6.07, 6.45) is 2.97. The third-order valence-electron chi connectivity index (χ3n) is 1.79. The van der Waals surface area contributed by atoms with Gasteiger partial charge in [0.05, 0.1) is 19.2 Å². The summed E-state index contributed by atoms with van der Waals surface area (Å²) in [6, 6.07) is 5.23. The molecule has 0 amide bonds. The number of halogens is 1. The summed E-state index contributed by atoms with van der Waals surface area (Å²) in [7, 11) is 2.87. The predicted octanol–water partition coefficient (Wildman–Crippen LogP) is 2.53. The summed E-state index contributed by atoms with van der Waals surface area (Å²) in [6.45, 7) is 0. The molecule has 80 valence electrons. The van der Waals surface area contributed by atoms with Crippen molar-refractivity contribution in [3.8, 4) is 5.75 Å². The van der Waals surface area contributed by atoms with Gasteiger partial charge in [-0.15, -0.1) is 0 Å². The third-order valence-corrected chi connectivity index (χ3v) is 2.10. The van der Waals surface area contributed by atoms with Crippen LogP contribution >= 0.6 is 11.6 Å². The summed E-state index contributed by atoms with van der Waals surface area (Å²) < 4.78 is 9.51. The number of benzene rings is 1. The molecule has 0 aliphatic rings. The van der Waals surface area contributed by atoms with E-state index < -0.39 is 5.97 Å². The van der Waals surface area contributed by atoms with Crippen LogP contribution in [0.15, 0.2) is 24.3 Å². The molecule has 1 rings (SSSR count). The first-order valence-electron chi connectivity index (χ1n) is 4.27. The second-order valence-corrected chi connectivity index (χ2v) is 3.16. The number of rotatable bonds is 3. The van der Waals surface area contributed by atoms with Crippen molar-refractivity contribution >= 4 is 23.6 Å². The minimum atomic E-state index is -0.399. The van der Waals surface area contributed by atoms with E-state index in [9.17, 15) is 4.79 Å². The molecule has 0 saturated carbocycles. The summed E-state index contributed by atoms with van der Waals surface area (Å²) in [5.74, 6) is 0.174. The van der Waals surface area contributed by atoms with Crippen molar-refractivity contribution in [2.24, 2.45) is 0 Å². The van der Waals surface area contributed by atoms with Gasteiger partial charge in [0.15, 0.2) is 0 Å². The highest BCUT2D eigenvalue weighted by molar-refractivity contribution is 6.32. The Hall–Kier alpha value is -1.48. The van der Waals surface area contributed by atoms with Crippen molar-refractivity contribution in [1.29, 1.82) is 0 Å². The minimum absolute atomic E-state index is 0.399. The second kappa shape index (κ2) is 5.41. The summed E-state index contributed by atoms with van der Waals surface area (Å²) in [5.41, 5.74) is 0.821. The molecule has 0 aliphatic heterocycles. The Morgan fingerprint density at radius 3 is 2.73 bits per heavy atom. The van der Waals surface area contributed by atoms with Crippen LogP contribution in [0.4, 0.5) is 0 Å². The van der Waals surface area contributed by atoms with Gasteiger partial charge >= 0.3 is 5.97 Å². The fourth-order valence-electron chi connectivity index (χ4n) is 1.01. The average Bonchev–Trinajstić information content (AvgIpc) is 2.27. The van der Waals surface area contributed by atoms with E-state index >= 15 is 0 Å². The number of carbonyl (C=O) groups is 1. The normalized spacial score (nSPS) is 10.3. The van der Waals surface area contributed by atoms with Crippen LogP contribution in [-0.2, 0) is 9.53 Å². The Bertz CT molecular complexity index is 385. The van der Waals surface area contributed by atoms with Gasteiger partial charge in [-0.3, -0.25) is 0 Å². The molecule has 1 aromatic carbocycles. The van der Waals surface area contributed by atoms with Gasteiger partial charge in [-0.2, -0.15) is 0 Å². The molecule has 0 saturated heterocycles. The zero-order valence-electron chi connectivity index (χ0n) is 8.49. The van der Waals surface area contributed by atoms with Gasteiger partial charge in [0.2, 0.25) is 0 Å². The first-order valence-corrected chi connectivity index (χ1v) is 4.64.